The molecule has 0 saturated carbocycles. The molecule has 1 aromatic rings. The van der Waals surface area contributed by atoms with E-state index in [1.54, 1.807) is 0 Å². The minimum Gasteiger partial charge on any atom is -0.381 e. The molecule has 14 heavy (non-hydrogen) atoms. The molecule has 1 atom stereocenters. The van der Waals surface area contributed by atoms with Crippen molar-refractivity contribution in [3.63, 3.8) is 0 Å². The van der Waals surface area contributed by atoms with Gasteiger partial charge in [-0.1, -0.05) is 0 Å². The highest BCUT2D eigenvalue weighted by Crippen LogP contribution is 2.16. The lowest BCUT2D eigenvalue weighted by atomic mass is 10.0. The summed E-state index contributed by atoms with van der Waals surface area (Å²) in [6, 6.07) is 0. The summed E-state index contributed by atoms with van der Waals surface area (Å²) >= 11 is 5.07. The Hall–Kier alpha value is -0.880. The van der Waals surface area contributed by atoms with E-state index in [1.807, 2.05) is 4.57 Å². The third kappa shape index (κ3) is 1.96. The zero-order valence-electron chi connectivity index (χ0n) is 7.90. The molecule has 78 valence electrons. The van der Waals surface area contributed by atoms with Crippen molar-refractivity contribution in [2.45, 2.75) is 19.4 Å². The van der Waals surface area contributed by atoms with Gasteiger partial charge in [-0.15, -0.1) is 5.10 Å². The molecule has 0 bridgehead atoms. The molecule has 3 N–H and O–H groups in total. The van der Waals surface area contributed by atoms with Gasteiger partial charge in [0.05, 0.1) is 6.61 Å². The molecule has 1 unspecified atom stereocenters. The van der Waals surface area contributed by atoms with E-state index >= 15 is 0 Å². The largest absolute Gasteiger partial charge is 0.381 e. The second-order valence-corrected chi connectivity index (χ2v) is 3.97. The van der Waals surface area contributed by atoms with Crippen LogP contribution < -0.4 is 5.73 Å². The van der Waals surface area contributed by atoms with Crippen molar-refractivity contribution in [3.8, 4) is 0 Å². The van der Waals surface area contributed by atoms with E-state index in [0.29, 0.717) is 16.6 Å². The lowest BCUT2D eigenvalue weighted by Crippen LogP contribution is -2.22. The van der Waals surface area contributed by atoms with Gasteiger partial charge in [-0.3, -0.25) is 4.57 Å². The number of anilines is 1. The van der Waals surface area contributed by atoms with Gasteiger partial charge in [0.15, 0.2) is 4.77 Å². The Morgan fingerprint density at radius 3 is 3.14 bits per heavy atom. The van der Waals surface area contributed by atoms with Crippen LogP contribution in [0.2, 0.25) is 0 Å². The number of H-pyrrole nitrogens is 1. The van der Waals surface area contributed by atoms with E-state index in [9.17, 15) is 0 Å². The molecule has 0 spiro atoms. The fraction of sp³-hybridized carbons (Fsp3) is 0.750. The first-order valence-corrected chi connectivity index (χ1v) is 5.16. The van der Waals surface area contributed by atoms with Crippen molar-refractivity contribution < 1.29 is 4.74 Å². The van der Waals surface area contributed by atoms with E-state index < -0.39 is 0 Å². The van der Waals surface area contributed by atoms with Crippen LogP contribution in [-0.2, 0) is 11.3 Å². The molecule has 1 aliphatic heterocycles. The smallest absolute Gasteiger partial charge is 0.220 e. The van der Waals surface area contributed by atoms with Gasteiger partial charge in [-0.2, -0.15) is 0 Å². The number of aromatic nitrogens is 3. The van der Waals surface area contributed by atoms with Crippen LogP contribution in [0.4, 0.5) is 5.95 Å². The number of nitrogens with one attached hydrogen (secondary N) is 1. The number of nitrogen functional groups attached to an aromatic ring is 1. The summed E-state index contributed by atoms with van der Waals surface area (Å²) in [4.78, 5) is 0. The fourth-order valence-corrected chi connectivity index (χ4v) is 1.93. The third-order valence-corrected chi connectivity index (χ3v) is 2.79. The minimum absolute atomic E-state index is 0.459. The summed E-state index contributed by atoms with van der Waals surface area (Å²) in [6.45, 7) is 2.48. The highest BCUT2D eigenvalue weighted by Gasteiger charge is 2.16. The molecule has 1 fully saturated rings. The van der Waals surface area contributed by atoms with Gasteiger partial charge in [-0.25, -0.2) is 5.10 Å². The number of nitrogens with two attached hydrogens (primary N) is 1. The summed E-state index contributed by atoms with van der Waals surface area (Å²) in [5.41, 5.74) is 5.67. The van der Waals surface area contributed by atoms with Crippen LogP contribution in [0.3, 0.4) is 0 Å². The predicted molar refractivity (Wildman–Crippen MR) is 55.4 cm³/mol. The molecule has 2 heterocycles. The summed E-state index contributed by atoms with van der Waals surface area (Å²) in [5, 5.41) is 6.54. The first-order valence-electron chi connectivity index (χ1n) is 4.76. The van der Waals surface area contributed by atoms with E-state index in [0.717, 1.165) is 26.2 Å². The van der Waals surface area contributed by atoms with Gasteiger partial charge in [0.25, 0.3) is 0 Å². The molecule has 0 aliphatic carbocycles. The van der Waals surface area contributed by atoms with Gasteiger partial charge in [0, 0.05) is 19.1 Å². The van der Waals surface area contributed by atoms with Crippen molar-refractivity contribution >= 4 is 18.2 Å². The second kappa shape index (κ2) is 4.10. The van der Waals surface area contributed by atoms with Crippen molar-refractivity contribution in [1.29, 1.82) is 0 Å². The lowest BCUT2D eigenvalue weighted by molar-refractivity contribution is 0.0484. The Kier molecular flexibility index (Phi) is 2.83. The average molecular weight is 214 g/mol. The van der Waals surface area contributed by atoms with Gasteiger partial charge < -0.3 is 10.5 Å². The standard InChI is InChI=1S/C8H14N4OS/c9-7-10-11-8(14)12(7)4-6-2-1-3-13-5-6/h6H,1-5H2,(H2,9,10)(H,11,14). The maximum absolute atomic E-state index is 5.67. The van der Waals surface area contributed by atoms with Crippen molar-refractivity contribution in [2.75, 3.05) is 18.9 Å². The molecule has 0 radical (unpaired) electrons. The number of hydrogen-bond donors (Lipinski definition) is 2. The molecule has 1 aromatic heterocycles. The van der Waals surface area contributed by atoms with Crippen molar-refractivity contribution in [2.24, 2.45) is 5.92 Å². The van der Waals surface area contributed by atoms with E-state index in [-0.39, 0.29) is 0 Å². The molecule has 2 rings (SSSR count). The second-order valence-electron chi connectivity index (χ2n) is 3.58. The topological polar surface area (TPSA) is 68.9 Å². The van der Waals surface area contributed by atoms with Crippen molar-refractivity contribution in [3.05, 3.63) is 4.77 Å². The summed E-state index contributed by atoms with van der Waals surface area (Å²) in [7, 11) is 0. The molecule has 6 heteroatoms. The Morgan fingerprint density at radius 1 is 1.71 bits per heavy atom. The summed E-state index contributed by atoms with van der Waals surface area (Å²) in [6.07, 6.45) is 2.29. The molecule has 1 saturated heterocycles. The Bertz CT molecular complexity index is 352. The quantitative estimate of drug-likeness (QED) is 0.719. The van der Waals surface area contributed by atoms with E-state index in [1.165, 1.54) is 6.42 Å². The first kappa shape index (κ1) is 9.67. The van der Waals surface area contributed by atoms with E-state index in [4.69, 9.17) is 22.7 Å². The minimum atomic E-state index is 0.459. The first-order chi connectivity index (χ1) is 6.77. The van der Waals surface area contributed by atoms with Crippen LogP contribution in [0.15, 0.2) is 0 Å². The highest BCUT2D eigenvalue weighted by atomic mass is 32.1. The van der Waals surface area contributed by atoms with Gasteiger partial charge in [-0.05, 0) is 25.1 Å². The number of hydrogen-bond acceptors (Lipinski definition) is 4. The SMILES string of the molecule is Nc1n[nH]c(=S)n1CC1CCCOC1. The third-order valence-electron chi connectivity index (χ3n) is 2.48. The maximum atomic E-state index is 5.67. The monoisotopic (exact) mass is 214 g/mol. The highest BCUT2D eigenvalue weighted by molar-refractivity contribution is 7.71. The van der Waals surface area contributed by atoms with Gasteiger partial charge in [0.2, 0.25) is 5.95 Å². The van der Waals surface area contributed by atoms with Crippen LogP contribution >= 0.6 is 12.2 Å². The molecule has 5 nitrogen and oxygen atoms in total. The summed E-state index contributed by atoms with van der Waals surface area (Å²) in [5.74, 6) is 0.968. The number of nitrogens with zero attached hydrogens (tertiary/aromatic N) is 2. The average Bonchev–Trinajstić information content (AvgIpc) is 2.51. The fourth-order valence-electron chi connectivity index (χ4n) is 1.72. The Balaban J connectivity index is 2.06. The zero-order chi connectivity index (χ0) is 9.97. The van der Waals surface area contributed by atoms with Crippen LogP contribution in [0.25, 0.3) is 0 Å². The van der Waals surface area contributed by atoms with Crippen LogP contribution in [0, 0.1) is 10.7 Å². The Morgan fingerprint density at radius 2 is 2.57 bits per heavy atom. The Labute approximate surface area is 87.3 Å². The number of ether oxygens (including phenoxy) is 1. The molecule has 0 aromatic carbocycles. The molecule has 0 amide bonds. The molecular weight excluding hydrogens is 200 g/mol. The molecule has 1 aliphatic rings. The number of aromatic amines is 1. The number of rotatable bonds is 2. The molecular formula is C8H14N4OS. The lowest BCUT2D eigenvalue weighted by Gasteiger charge is -2.22. The summed E-state index contributed by atoms with van der Waals surface area (Å²) < 4.78 is 7.81. The van der Waals surface area contributed by atoms with E-state index in [2.05, 4.69) is 10.2 Å². The van der Waals surface area contributed by atoms with Crippen LogP contribution in [0.1, 0.15) is 12.8 Å². The van der Waals surface area contributed by atoms with Crippen LogP contribution in [-0.4, -0.2) is 28.0 Å². The maximum Gasteiger partial charge on any atom is 0.220 e. The predicted octanol–water partition coefficient (Wildman–Crippen LogP) is 0.949. The zero-order valence-corrected chi connectivity index (χ0v) is 8.72. The van der Waals surface area contributed by atoms with Gasteiger partial charge in [0.1, 0.15) is 0 Å². The van der Waals surface area contributed by atoms with Crippen molar-refractivity contribution in [1.82, 2.24) is 14.8 Å². The van der Waals surface area contributed by atoms with Crippen LogP contribution in [0.5, 0.6) is 0 Å². The normalized spacial score (nSPS) is 22.4. The van der Waals surface area contributed by atoms with Gasteiger partial charge >= 0.3 is 0 Å².